The molecule has 1 aliphatic heterocycles. The summed E-state index contributed by atoms with van der Waals surface area (Å²) in [5, 5.41) is 5.60. The SMILES string of the molecule is CN1CCN(C(=O)c2ccc(Nc3nccc(-c4cccs4)n3)cc2Cl)CC1. The van der Waals surface area contributed by atoms with Gasteiger partial charge in [0.25, 0.3) is 5.91 Å². The van der Waals surface area contributed by atoms with Crippen molar-refractivity contribution in [2.75, 3.05) is 38.5 Å². The molecule has 1 saturated heterocycles. The van der Waals surface area contributed by atoms with E-state index in [1.165, 1.54) is 0 Å². The lowest BCUT2D eigenvalue weighted by Crippen LogP contribution is -2.47. The molecule has 0 unspecified atom stereocenters. The molecule has 0 aliphatic carbocycles. The van der Waals surface area contributed by atoms with Crippen molar-refractivity contribution < 1.29 is 4.79 Å². The van der Waals surface area contributed by atoms with Gasteiger partial charge < -0.3 is 15.1 Å². The molecule has 0 atom stereocenters. The number of anilines is 2. The Hall–Kier alpha value is -2.48. The van der Waals surface area contributed by atoms with Gasteiger partial charge in [-0.1, -0.05) is 17.7 Å². The highest BCUT2D eigenvalue weighted by atomic mass is 35.5. The van der Waals surface area contributed by atoms with Crippen LogP contribution in [0.25, 0.3) is 10.6 Å². The highest BCUT2D eigenvalue weighted by Gasteiger charge is 2.22. The number of rotatable bonds is 4. The van der Waals surface area contributed by atoms with Gasteiger partial charge in [0.15, 0.2) is 0 Å². The number of nitrogens with zero attached hydrogens (tertiary/aromatic N) is 4. The first-order chi connectivity index (χ1) is 13.6. The fraction of sp³-hybridized carbons (Fsp3) is 0.250. The predicted molar refractivity (Wildman–Crippen MR) is 113 cm³/mol. The van der Waals surface area contributed by atoms with Crippen molar-refractivity contribution in [3.05, 3.63) is 58.6 Å². The van der Waals surface area contributed by atoms with Crippen molar-refractivity contribution >= 4 is 40.5 Å². The first-order valence-corrected chi connectivity index (χ1v) is 10.3. The fourth-order valence-corrected chi connectivity index (χ4v) is 4.01. The second-order valence-corrected chi connectivity index (χ2v) is 8.01. The smallest absolute Gasteiger partial charge is 0.255 e. The molecule has 1 amide bonds. The largest absolute Gasteiger partial charge is 0.336 e. The van der Waals surface area contributed by atoms with Crippen molar-refractivity contribution in [1.29, 1.82) is 0 Å². The number of nitrogens with one attached hydrogen (secondary N) is 1. The lowest BCUT2D eigenvalue weighted by molar-refractivity contribution is 0.0664. The molecule has 144 valence electrons. The summed E-state index contributed by atoms with van der Waals surface area (Å²) in [5.41, 5.74) is 2.12. The average Bonchev–Trinajstić information content (AvgIpc) is 3.23. The van der Waals surface area contributed by atoms with E-state index in [0.29, 0.717) is 16.5 Å². The maximum absolute atomic E-state index is 12.8. The molecule has 8 heteroatoms. The number of piperazine rings is 1. The molecular formula is C20H20ClN5OS. The zero-order valence-corrected chi connectivity index (χ0v) is 17.0. The normalized spacial score (nSPS) is 14.9. The van der Waals surface area contributed by atoms with Gasteiger partial charge in [0, 0.05) is 38.1 Å². The summed E-state index contributed by atoms with van der Waals surface area (Å²) in [5.74, 6) is 0.459. The standard InChI is InChI=1S/C20H20ClN5OS/c1-25-8-10-26(11-9-25)19(27)15-5-4-14(13-16(15)21)23-20-22-7-6-17(24-20)18-3-2-12-28-18/h2-7,12-13H,8-11H2,1H3,(H,22,23,24). The lowest BCUT2D eigenvalue weighted by atomic mass is 10.1. The Morgan fingerprint density at radius 3 is 2.71 bits per heavy atom. The van der Waals surface area contributed by atoms with Gasteiger partial charge in [0.05, 0.1) is 21.2 Å². The van der Waals surface area contributed by atoms with Crippen LogP contribution in [0.1, 0.15) is 10.4 Å². The number of halogens is 1. The third kappa shape index (κ3) is 4.16. The van der Waals surface area contributed by atoms with Gasteiger partial charge in [0.2, 0.25) is 5.95 Å². The van der Waals surface area contributed by atoms with E-state index in [2.05, 4.69) is 27.2 Å². The Morgan fingerprint density at radius 1 is 1.18 bits per heavy atom. The fourth-order valence-electron chi connectivity index (χ4n) is 3.06. The average molecular weight is 414 g/mol. The van der Waals surface area contributed by atoms with Gasteiger partial charge in [-0.25, -0.2) is 9.97 Å². The highest BCUT2D eigenvalue weighted by Crippen LogP contribution is 2.26. The zero-order chi connectivity index (χ0) is 19.5. The van der Waals surface area contributed by atoms with Gasteiger partial charge >= 0.3 is 0 Å². The number of aromatic nitrogens is 2. The number of benzene rings is 1. The number of carbonyl (C=O) groups excluding carboxylic acids is 1. The van der Waals surface area contributed by atoms with Crippen LogP contribution < -0.4 is 5.32 Å². The maximum Gasteiger partial charge on any atom is 0.255 e. The molecule has 1 N–H and O–H groups in total. The van der Waals surface area contributed by atoms with Gasteiger partial charge in [0.1, 0.15) is 0 Å². The first-order valence-electron chi connectivity index (χ1n) is 9.01. The molecule has 1 aromatic carbocycles. The summed E-state index contributed by atoms with van der Waals surface area (Å²) in [6.45, 7) is 3.19. The molecule has 0 saturated carbocycles. The molecule has 3 heterocycles. The van der Waals surface area contributed by atoms with Crippen LogP contribution in [0.15, 0.2) is 48.0 Å². The number of likely N-dealkylation sites (N-methyl/N-ethyl adjacent to an activating group) is 1. The molecular weight excluding hydrogens is 394 g/mol. The number of amides is 1. The van der Waals surface area contributed by atoms with E-state index >= 15 is 0 Å². The molecule has 4 rings (SSSR count). The van der Waals surface area contributed by atoms with Gasteiger partial charge in [-0.05, 0) is 42.8 Å². The van der Waals surface area contributed by atoms with Crippen LogP contribution in [-0.4, -0.2) is 58.9 Å². The van der Waals surface area contributed by atoms with Gasteiger partial charge in [-0.15, -0.1) is 11.3 Å². The van der Waals surface area contributed by atoms with Crippen molar-refractivity contribution in [3.8, 4) is 10.6 Å². The summed E-state index contributed by atoms with van der Waals surface area (Å²) in [4.78, 5) is 26.7. The van der Waals surface area contributed by atoms with Crippen LogP contribution in [0.5, 0.6) is 0 Å². The third-order valence-corrected chi connectivity index (χ3v) is 5.88. The summed E-state index contributed by atoms with van der Waals surface area (Å²) in [7, 11) is 2.06. The number of thiophene rings is 1. The summed E-state index contributed by atoms with van der Waals surface area (Å²) in [6, 6.07) is 11.2. The molecule has 0 radical (unpaired) electrons. The highest BCUT2D eigenvalue weighted by molar-refractivity contribution is 7.13. The molecule has 3 aromatic rings. The Kier molecular flexibility index (Phi) is 5.57. The summed E-state index contributed by atoms with van der Waals surface area (Å²) < 4.78 is 0. The monoisotopic (exact) mass is 413 g/mol. The van der Waals surface area contributed by atoms with Crippen LogP contribution in [-0.2, 0) is 0 Å². The van der Waals surface area contributed by atoms with E-state index in [1.807, 2.05) is 34.5 Å². The van der Waals surface area contributed by atoms with Crippen molar-refractivity contribution in [3.63, 3.8) is 0 Å². The van der Waals surface area contributed by atoms with E-state index in [-0.39, 0.29) is 5.91 Å². The maximum atomic E-state index is 12.8. The Morgan fingerprint density at radius 2 is 2.00 bits per heavy atom. The molecule has 0 bridgehead atoms. The Labute approximate surface area is 172 Å². The summed E-state index contributed by atoms with van der Waals surface area (Å²) in [6.07, 6.45) is 1.72. The van der Waals surface area contributed by atoms with Gasteiger partial charge in [-0.3, -0.25) is 4.79 Å². The minimum absolute atomic E-state index is 0.0272. The van der Waals surface area contributed by atoms with E-state index < -0.39 is 0 Å². The van der Waals surface area contributed by atoms with Crippen LogP contribution in [0.2, 0.25) is 5.02 Å². The minimum atomic E-state index is -0.0272. The Balaban J connectivity index is 1.49. The lowest BCUT2D eigenvalue weighted by Gasteiger charge is -2.32. The van der Waals surface area contributed by atoms with E-state index in [1.54, 1.807) is 29.7 Å². The number of carbonyl (C=O) groups is 1. The number of hydrogen-bond donors (Lipinski definition) is 1. The van der Waals surface area contributed by atoms with Crippen molar-refractivity contribution in [2.45, 2.75) is 0 Å². The zero-order valence-electron chi connectivity index (χ0n) is 15.4. The third-order valence-electron chi connectivity index (χ3n) is 4.68. The van der Waals surface area contributed by atoms with E-state index in [0.717, 1.165) is 42.4 Å². The van der Waals surface area contributed by atoms with Crippen molar-refractivity contribution in [2.24, 2.45) is 0 Å². The quantitative estimate of drug-likeness (QED) is 0.700. The van der Waals surface area contributed by atoms with Crippen LogP contribution >= 0.6 is 22.9 Å². The van der Waals surface area contributed by atoms with Gasteiger partial charge in [-0.2, -0.15) is 0 Å². The first kappa shape index (κ1) is 18.9. The molecule has 2 aromatic heterocycles. The van der Waals surface area contributed by atoms with Crippen LogP contribution in [0.4, 0.5) is 11.6 Å². The van der Waals surface area contributed by atoms with E-state index in [9.17, 15) is 4.79 Å². The second kappa shape index (κ2) is 8.26. The summed E-state index contributed by atoms with van der Waals surface area (Å²) >= 11 is 8.04. The topological polar surface area (TPSA) is 61.4 Å². The van der Waals surface area contributed by atoms with Crippen LogP contribution in [0, 0.1) is 0 Å². The second-order valence-electron chi connectivity index (χ2n) is 6.66. The molecule has 1 aliphatic rings. The number of hydrogen-bond acceptors (Lipinski definition) is 6. The minimum Gasteiger partial charge on any atom is -0.336 e. The molecule has 0 spiro atoms. The Bertz CT molecular complexity index is 970. The molecule has 1 fully saturated rings. The van der Waals surface area contributed by atoms with Crippen LogP contribution in [0.3, 0.4) is 0 Å². The molecule has 28 heavy (non-hydrogen) atoms. The van der Waals surface area contributed by atoms with E-state index in [4.69, 9.17) is 11.6 Å². The predicted octanol–water partition coefficient (Wildman–Crippen LogP) is 3.99. The van der Waals surface area contributed by atoms with Crippen molar-refractivity contribution in [1.82, 2.24) is 19.8 Å². The molecule has 6 nitrogen and oxygen atoms in total.